The van der Waals surface area contributed by atoms with Crippen molar-refractivity contribution in [3.63, 3.8) is 0 Å². The molecule has 1 saturated heterocycles. The summed E-state index contributed by atoms with van der Waals surface area (Å²) in [7, 11) is 0. The van der Waals surface area contributed by atoms with Crippen molar-refractivity contribution in [1.29, 1.82) is 0 Å². The Hall–Kier alpha value is -0.940. The molecule has 0 atom stereocenters. The van der Waals surface area contributed by atoms with Crippen LogP contribution in [0.5, 0.6) is 0 Å². The number of nitrogens with one attached hydrogen (secondary N) is 1. The van der Waals surface area contributed by atoms with E-state index in [0.29, 0.717) is 16.4 Å². The number of carbonyl (C=O) groups excluding carboxylic acids is 1. The second-order valence-corrected chi connectivity index (χ2v) is 6.37. The molecule has 1 N–H and O–H groups in total. The monoisotopic (exact) mass is 313 g/mol. The van der Waals surface area contributed by atoms with Crippen molar-refractivity contribution in [2.75, 3.05) is 36.5 Å². The largest absolute Gasteiger partial charge is 0.369 e. The van der Waals surface area contributed by atoms with Crippen molar-refractivity contribution in [2.45, 2.75) is 19.8 Å². The third-order valence-corrected chi connectivity index (χ3v) is 4.48. The lowest BCUT2D eigenvalue weighted by Gasteiger charge is -2.20. The molecule has 0 spiro atoms. The zero-order valence-corrected chi connectivity index (χ0v) is 13.3. The van der Waals surface area contributed by atoms with Crippen LogP contribution in [-0.2, 0) is 0 Å². The zero-order chi connectivity index (χ0) is 14.4. The second-order valence-electron chi connectivity index (χ2n) is 4.74. The maximum atomic E-state index is 12.4. The van der Waals surface area contributed by atoms with Gasteiger partial charge in [-0.05, 0) is 24.7 Å². The van der Waals surface area contributed by atoms with Gasteiger partial charge in [0.2, 0.25) is 0 Å². The van der Waals surface area contributed by atoms with Crippen molar-refractivity contribution in [2.24, 2.45) is 0 Å². The first-order valence-electron chi connectivity index (χ1n) is 6.99. The molecular formula is C14H20ClN3OS. The summed E-state index contributed by atoms with van der Waals surface area (Å²) in [5, 5.41) is 3.65. The number of carbonyl (C=O) groups is 1. The summed E-state index contributed by atoms with van der Waals surface area (Å²) in [6.07, 6.45) is 3.67. The highest BCUT2D eigenvalue weighted by atomic mass is 35.5. The lowest BCUT2D eigenvalue weighted by atomic mass is 10.2. The molecule has 0 aromatic carbocycles. The van der Waals surface area contributed by atoms with Gasteiger partial charge in [0.05, 0.1) is 10.6 Å². The summed E-state index contributed by atoms with van der Waals surface area (Å²) in [5.41, 5.74) is 0.573. The maximum absolute atomic E-state index is 12.4. The number of anilines is 1. The van der Waals surface area contributed by atoms with E-state index in [2.05, 4.69) is 17.2 Å². The standard InChI is InChI=1S/C14H20ClN3OS/c1-2-4-16-13-12(15)9-11(10-17-13)14(19)18-5-3-7-20-8-6-18/h9-10H,2-8H2,1H3,(H,16,17). The van der Waals surface area contributed by atoms with Gasteiger partial charge in [-0.1, -0.05) is 18.5 Å². The van der Waals surface area contributed by atoms with Crippen LogP contribution in [0.3, 0.4) is 0 Å². The third kappa shape index (κ3) is 4.03. The molecule has 1 aromatic heterocycles. The van der Waals surface area contributed by atoms with Gasteiger partial charge in [-0.3, -0.25) is 4.79 Å². The van der Waals surface area contributed by atoms with E-state index in [1.807, 2.05) is 16.7 Å². The van der Waals surface area contributed by atoms with E-state index in [1.54, 1.807) is 12.3 Å². The third-order valence-electron chi connectivity index (χ3n) is 3.14. The number of hydrogen-bond acceptors (Lipinski definition) is 4. The Morgan fingerprint density at radius 2 is 2.35 bits per heavy atom. The van der Waals surface area contributed by atoms with Gasteiger partial charge in [0, 0.05) is 31.6 Å². The van der Waals surface area contributed by atoms with Gasteiger partial charge < -0.3 is 10.2 Å². The molecule has 0 saturated carbocycles. The minimum Gasteiger partial charge on any atom is -0.369 e. The van der Waals surface area contributed by atoms with E-state index in [9.17, 15) is 4.79 Å². The summed E-state index contributed by atoms with van der Waals surface area (Å²) in [6.45, 7) is 4.52. The highest BCUT2D eigenvalue weighted by molar-refractivity contribution is 7.99. The van der Waals surface area contributed by atoms with Gasteiger partial charge >= 0.3 is 0 Å². The molecule has 0 aliphatic carbocycles. The summed E-state index contributed by atoms with van der Waals surface area (Å²) < 4.78 is 0. The van der Waals surface area contributed by atoms with E-state index in [1.165, 1.54) is 0 Å². The number of hydrogen-bond donors (Lipinski definition) is 1. The molecule has 1 fully saturated rings. The number of pyridine rings is 1. The molecule has 2 rings (SSSR count). The summed E-state index contributed by atoms with van der Waals surface area (Å²) in [4.78, 5) is 18.6. The number of aromatic nitrogens is 1. The summed E-state index contributed by atoms with van der Waals surface area (Å²) >= 11 is 8.08. The van der Waals surface area contributed by atoms with Crippen LogP contribution in [0.1, 0.15) is 30.1 Å². The lowest BCUT2D eigenvalue weighted by molar-refractivity contribution is 0.0768. The Morgan fingerprint density at radius 1 is 1.50 bits per heavy atom. The first-order chi connectivity index (χ1) is 9.72. The molecule has 1 amide bonds. The van der Waals surface area contributed by atoms with Gasteiger partial charge in [0.15, 0.2) is 0 Å². The van der Waals surface area contributed by atoms with Crippen LogP contribution in [0.15, 0.2) is 12.3 Å². The van der Waals surface area contributed by atoms with Crippen molar-refractivity contribution in [1.82, 2.24) is 9.88 Å². The van der Waals surface area contributed by atoms with Crippen LogP contribution in [0.4, 0.5) is 5.82 Å². The zero-order valence-electron chi connectivity index (χ0n) is 11.7. The highest BCUT2D eigenvalue weighted by Crippen LogP contribution is 2.21. The number of rotatable bonds is 4. The Labute approximate surface area is 129 Å². The molecule has 0 unspecified atom stereocenters. The van der Waals surface area contributed by atoms with Crippen LogP contribution in [-0.4, -0.2) is 46.9 Å². The SMILES string of the molecule is CCCNc1ncc(C(=O)N2CCCSCC2)cc1Cl. The van der Waals surface area contributed by atoms with Crippen LogP contribution in [0.2, 0.25) is 5.02 Å². The summed E-state index contributed by atoms with van der Waals surface area (Å²) in [6, 6.07) is 1.72. The molecule has 6 heteroatoms. The molecule has 2 heterocycles. The normalized spacial score (nSPS) is 15.8. The van der Waals surface area contributed by atoms with Gasteiger partial charge in [-0.2, -0.15) is 11.8 Å². The Bertz CT molecular complexity index is 462. The summed E-state index contributed by atoms with van der Waals surface area (Å²) in [5.74, 6) is 2.81. The van der Waals surface area contributed by atoms with Crippen LogP contribution < -0.4 is 5.32 Å². The van der Waals surface area contributed by atoms with Crippen molar-refractivity contribution in [3.8, 4) is 0 Å². The first kappa shape index (κ1) is 15.4. The van der Waals surface area contributed by atoms with Crippen LogP contribution in [0, 0.1) is 0 Å². The highest BCUT2D eigenvalue weighted by Gasteiger charge is 2.18. The predicted octanol–water partition coefficient (Wildman–Crippen LogP) is 3.14. The average Bonchev–Trinajstić information content (AvgIpc) is 2.74. The number of thioether (sulfide) groups is 1. The van der Waals surface area contributed by atoms with Gasteiger partial charge in [-0.25, -0.2) is 4.98 Å². The molecule has 20 heavy (non-hydrogen) atoms. The van der Waals surface area contributed by atoms with Crippen molar-refractivity contribution < 1.29 is 4.79 Å². The first-order valence-corrected chi connectivity index (χ1v) is 8.52. The second kappa shape index (κ2) is 7.74. The molecular weight excluding hydrogens is 294 g/mol. The van der Waals surface area contributed by atoms with Crippen LogP contribution in [0.25, 0.3) is 0 Å². The molecule has 0 bridgehead atoms. The van der Waals surface area contributed by atoms with Gasteiger partial charge in [-0.15, -0.1) is 0 Å². The Balaban J connectivity index is 2.07. The van der Waals surface area contributed by atoms with E-state index >= 15 is 0 Å². The Morgan fingerprint density at radius 3 is 3.10 bits per heavy atom. The van der Waals surface area contributed by atoms with E-state index in [-0.39, 0.29) is 5.91 Å². The van der Waals surface area contributed by atoms with Crippen molar-refractivity contribution >= 4 is 35.1 Å². The number of halogens is 1. The van der Waals surface area contributed by atoms with E-state index < -0.39 is 0 Å². The van der Waals surface area contributed by atoms with Gasteiger partial charge in [0.25, 0.3) is 5.91 Å². The van der Waals surface area contributed by atoms with E-state index in [0.717, 1.165) is 44.0 Å². The fourth-order valence-corrected chi connectivity index (χ4v) is 3.18. The minimum atomic E-state index is 0.0314. The molecule has 0 radical (unpaired) electrons. The van der Waals surface area contributed by atoms with Crippen molar-refractivity contribution in [3.05, 3.63) is 22.8 Å². The molecule has 4 nitrogen and oxygen atoms in total. The molecule has 1 aliphatic rings. The minimum absolute atomic E-state index is 0.0314. The average molecular weight is 314 g/mol. The number of nitrogens with zero attached hydrogens (tertiary/aromatic N) is 2. The molecule has 1 aliphatic heterocycles. The molecule has 1 aromatic rings. The molecule has 110 valence electrons. The fourth-order valence-electron chi connectivity index (χ4n) is 2.06. The fraction of sp³-hybridized carbons (Fsp3) is 0.571. The van der Waals surface area contributed by atoms with E-state index in [4.69, 9.17) is 11.6 Å². The predicted molar refractivity (Wildman–Crippen MR) is 85.9 cm³/mol. The quantitative estimate of drug-likeness (QED) is 0.927. The Kier molecular flexibility index (Phi) is 5.98. The van der Waals surface area contributed by atoms with Gasteiger partial charge in [0.1, 0.15) is 5.82 Å². The maximum Gasteiger partial charge on any atom is 0.255 e. The topological polar surface area (TPSA) is 45.2 Å². The smallest absolute Gasteiger partial charge is 0.255 e. The number of amides is 1. The lowest BCUT2D eigenvalue weighted by Crippen LogP contribution is -2.33. The van der Waals surface area contributed by atoms with Crippen LogP contribution >= 0.6 is 23.4 Å².